The normalized spacial score (nSPS) is 41.6. The van der Waals surface area contributed by atoms with Crippen LogP contribution in [0.1, 0.15) is 52.4 Å². The SMILES string of the molecule is C=C(C)C(=O)O.CC12CC3CC(CC(C3)C1)C2. The molecule has 0 spiro atoms. The number of hydrogen-bond donors (Lipinski definition) is 1. The number of rotatable bonds is 1. The molecule has 4 saturated carbocycles. The Labute approximate surface area is 104 Å². The van der Waals surface area contributed by atoms with E-state index in [1.807, 2.05) is 0 Å². The minimum Gasteiger partial charge on any atom is -0.478 e. The van der Waals surface area contributed by atoms with Gasteiger partial charge in [0.1, 0.15) is 0 Å². The topological polar surface area (TPSA) is 37.3 Å². The first-order chi connectivity index (χ1) is 7.88. The minimum atomic E-state index is -0.935. The molecule has 0 saturated heterocycles. The quantitative estimate of drug-likeness (QED) is 0.702. The molecule has 0 radical (unpaired) electrons. The van der Waals surface area contributed by atoms with Gasteiger partial charge in [0.25, 0.3) is 0 Å². The van der Waals surface area contributed by atoms with Crippen LogP contribution in [0.4, 0.5) is 0 Å². The van der Waals surface area contributed by atoms with Crippen molar-refractivity contribution >= 4 is 5.97 Å². The number of hydrogen-bond acceptors (Lipinski definition) is 1. The van der Waals surface area contributed by atoms with Crippen LogP contribution in [0.3, 0.4) is 0 Å². The molecule has 0 amide bonds. The highest BCUT2D eigenvalue weighted by atomic mass is 16.4. The molecule has 4 aliphatic rings. The predicted molar refractivity (Wildman–Crippen MR) is 68.7 cm³/mol. The van der Waals surface area contributed by atoms with Crippen molar-refractivity contribution in [2.75, 3.05) is 0 Å². The van der Waals surface area contributed by atoms with Crippen LogP contribution in [-0.4, -0.2) is 11.1 Å². The average Bonchev–Trinajstić information content (AvgIpc) is 2.13. The third-order valence-electron chi connectivity index (χ3n) is 4.71. The van der Waals surface area contributed by atoms with Crippen molar-refractivity contribution in [1.29, 1.82) is 0 Å². The van der Waals surface area contributed by atoms with Crippen LogP contribution in [0.25, 0.3) is 0 Å². The highest BCUT2D eigenvalue weighted by molar-refractivity contribution is 5.84. The Balaban J connectivity index is 0.000000157. The Morgan fingerprint density at radius 3 is 1.59 bits per heavy atom. The van der Waals surface area contributed by atoms with Gasteiger partial charge in [0.05, 0.1) is 0 Å². The van der Waals surface area contributed by atoms with Crippen LogP contribution in [0.15, 0.2) is 12.2 Å². The minimum absolute atomic E-state index is 0.176. The maximum atomic E-state index is 9.60. The van der Waals surface area contributed by atoms with Crippen molar-refractivity contribution in [3.05, 3.63) is 12.2 Å². The summed E-state index contributed by atoms with van der Waals surface area (Å²) in [7, 11) is 0. The van der Waals surface area contributed by atoms with Crippen molar-refractivity contribution < 1.29 is 9.90 Å². The Kier molecular flexibility index (Phi) is 3.33. The van der Waals surface area contributed by atoms with E-state index in [0.717, 1.165) is 23.2 Å². The molecule has 0 atom stereocenters. The second kappa shape index (κ2) is 4.47. The zero-order valence-corrected chi connectivity index (χ0v) is 11.0. The number of aliphatic carboxylic acids is 1. The molecule has 0 heterocycles. The summed E-state index contributed by atoms with van der Waals surface area (Å²) in [5, 5.41) is 7.89. The van der Waals surface area contributed by atoms with Crippen molar-refractivity contribution in [3.8, 4) is 0 Å². The van der Waals surface area contributed by atoms with Crippen LogP contribution in [0.5, 0.6) is 0 Å². The highest BCUT2D eigenvalue weighted by Gasteiger charge is 2.48. The smallest absolute Gasteiger partial charge is 0.330 e. The van der Waals surface area contributed by atoms with E-state index in [-0.39, 0.29) is 5.57 Å². The molecular formula is C15H24O2. The lowest BCUT2D eigenvalue weighted by atomic mass is 9.50. The van der Waals surface area contributed by atoms with E-state index in [1.54, 1.807) is 38.5 Å². The van der Waals surface area contributed by atoms with Crippen LogP contribution in [-0.2, 0) is 4.79 Å². The summed E-state index contributed by atoms with van der Waals surface area (Å²) in [6, 6.07) is 0. The molecule has 0 aromatic carbocycles. The molecule has 1 N–H and O–H groups in total. The number of carbonyl (C=O) groups is 1. The van der Waals surface area contributed by atoms with E-state index in [0.29, 0.717) is 0 Å². The van der Waals surface area contributed by atoms with Gasteiger partial charge in [0.15, 0.2) is 0 Å². The van der Waals surface area contributed by atoms with Gasteiger partial charge in [-0.1, -0.05) is 13.5 Å². The fourth-order valence-electron chi connectivity index (χ4n) is 4.54. The van der Waals surface area contributed by atoms with Crippen LogP contribution < -0.4 is 0 Å². The van der Waals surface area contributed by atoms with Crippen LogP contribution >= 0.6 is 0 Å². The van der Waals surface area contributed by atoms with Gasteiger partial charge in [-0.2, -0.15) is 0 Å². The second-order valence-corrected chi connectivity index (χ2v) is 6.81. The molecular weight excluding hydrogens is 212 g/mol. The molecule has 17 heavy (non-hydrogen) atoms. The summed E-state index contributed by atoms with van der Waals surface area (Å²) >= 11 is 0. The maximum absolute atomic E-state index is 9.60. The first-order valence-corrected chi connectivity index (χ1v) is 6.77. The summed E-state index contributed by atoms with van der Waals surface area (Å²) in [5.41, 5.74) is 0.976. The molecule has 0 aliphatic heterocycles. The van der Waals surface area contributed by atoms with Crippen molar-refractivity contribution in [2.24, 2.45) is 23.2 Å². The summed E-state index contributed by atoms with van der Waals surface area (Å²) in [6.45, 7) is 7.14. The van der Waals surface area contributed by atoms with Crippen molar-refractivity contribution in [1.82, 2.24) is 0 Å². The molecule has 4 aliphatic carbocycles. The van der Waals surface area contributed by atoms with Gasteiger partial charge in [-0.05, 0) is 68.6 Å². The lowest BCUT2D eigenvalue weighted by molar-refractivity contribution is -0.132. The Hall–Kier alpha value is -0.790. The molecule has 4 bridgehead atoms. The highest BCUT2D eigenvalue weighted by Crippen LogP contribution is 2.59. The van der Waals surface area contributed by atoms with Gasteiger partial charge in [0, 0.05) is 5.57 Å². The first-order valence-electron chi connectivity index (χ1n) is 6.77. The molecule has 0 aromatic rings. The summed E-state index contributed by atoms with van der Waals surface area (Å²) < 4.78 is 0. The van der Waals surface area contributed by atoms with E-state index in [2.05, 4.69) is 13.5 Å². The summed E-state index contributed by atoms with van der Waals surface area (Å²) in [6.07, 6.45) is 9.48. The fourth-order valence-corrected chi connectivity index (χ4v) is 4.54. The second-order valence-electron chi connectivity index (χ2n) is 6.81. The summed E-state index contributed by atoms with van der Waals surface area (Å²) in [4.78, 5) is 9.60. The fraction of sp³-hybridized carbons (Fsp3) is 0.800. The number of carboxylic acids is 1. The van der Waals surface area contributed by atoms with E-state index in [4.69, 9.17) is 5.11 Å². The van der Waals surface area contributed by atoms with Gasteiger partial charge in [0.2, 0.25) is 0 Å². The van der Waals surface area contributed by atoms with Gasteiger partial charge in [-0.15, -0.1) is 0 Å². The maximum Gasteiger partial charge on any atom is 0.330 e. The largest absolute Gasteiger partial charge is 0.478 e. The Bertz CT molecular complexity index is 283. The lowest BCUT2D eigenvalue weighted by Crippen LogP contribution is -2.44. The molecule has 96 valence electrons. The summed E-state index contributed by atoms with van der Waals surface area (Å²) in [5.74, 6) is 2.50. The first kappa shape index (κ1) is 12.7. The predicted octanol–water partition coefficient (Wildman–Crippen LogP) is 3.87. The van der Waals surface area contributed by atoms with E-state index < -0.39 is 5.97 Å². The molecule has 0 unspecified atom stereocenters. The number of carboxylic acid groups (broad SMARTS) is 1. The van der Waals surface area contributed by atoms with Crippen molar-refractivity contribution in [2.45, 2.75) is 52.4 Å². The third-order valence-corrected chi connectivity index (χ3v) is 4.71. The van der Waals surface area contributed by atoms with Gasteiger partial charge < -0.3 is 5.11 Å². The van der Waals surface area contributed by atoms with Gasteiger partial charge in [-0.3, -0.25) is 0 Å². The molecule has 0 aromatic heterocycles. The van der Waals surface area contributed by atoms with Crippen molar-refractivity contribution in [3.63, 3.8) is 0 Å². The van der Waals surface area contributed by atoms with E-state index >= 15 is 0 Å². The third kappa shape index (κ3) is 2.91. The molecule has 2 nitrogen and oxygen atoms in total. The van der Waals surface area contributed by atoms with Gasteiger partial charge in [-0.25, -0.2) is 4.79 Å². The average molecular weight is 236 g/mol. The standard InChI is InChI=1S/C11H18.C4H6O2/c1-11-5-8-2-9(6-11)4-10(3-8)7-11;1-3(2)4(5)6/h8-10H,2-7H2,1H3;1H2,2H3,(H,5,6). The lowest BCUT2D eigenvalue weighted by Gasteiger charge is -2.55. The Morgan fingerprint density at radius 1 is 1.12 bits per heavy atom. The van der Waals surface area contributed by atoms with E-state index in [9.17, 15) is 4.79 Å². The molecule has 4 rings (SSSR count). The van der Waals surface area contributed by atoms with E-state index in [1.165, 1.54) is 6.92 Å². The Morgan fingerprint density at radius 2 is 1.41 bits per heavy atom. The van der Waals surface area contributed by atoms with Crippen LogP contribution in [0, 0.1) is 23.2 Å². The molecule has 2 heteroatoms. The van der Waals surface area contributed by atoms with Crippen LogP contribution in [0.2, 0.25) is 0 Å². The zero-order chi connectivity index (χ0) is 12.6. The van der Waals surface area contributed by atoms with Gasteiger partial charge >= 0.3 is 5.97 Å². The zero-order valence-electron chi connectivity index (χ0n) is 11.0. The molecule has 4 fully saturated rings. The monoisotopic (exact) mass is 236 g/mol.